The number of ether oxygens (including phenoxy) is 1. The van der Waals surface area contributed by atoms with Crippen LogP contribution in [0.1, 0.15) is 136 Å². The van der Waals surface area contributed by atoms with Crippen LogP contribution in [0.5, 0.6) is 0 Å². The number of quaternary nitrogens is 3. The lowest BCUT2D eigenvalue weighted by Gasteiger charge is -2.33. The fraction of sp³-hybridized carbons (Fsp3) is 0.350. The molecule has 1 aliphatic carbocycles. The van der Waals surface area contributed by atoms with Crippen molar-refractivity contribution in [2.24, 2.45) is 0 Å². The van der Waals surface area contributed by atoms with Gasteiger partial charge in [0.1, 0.15) is 77.9 Å². The van der Waals surface area contributed by atoms with Gasteiger partial charge in [-0.1, -0.05) is 149 Å². The summed E-state index contributed by atoms with van der Waals surface area (Å²) in [6, 6.07) is 55.3. The zero-order chi connectivity index (χ0) is 102. The second-order valence-corrected chi connectivity index (χ2v) is 42.4. The van der Waals surface area contributed by atoms with Crippen molar-refractivity contribution in [3.05, 3.63) is 274 Å². The molecule has 144 heavy (non-hydrogen) atoms. The van der Waals surface area contributed by atoms with Crippen LogP contribution in [0, 0.1) is 0 Å². The number of carbonyl (C=O) groups is 9. The van der Waals surface area contributed by atoms with Crippen molar-refractivity contribution in [2.45, 2.75) is 109 Å². The van der Waals surface area contributed by atoms with Gasteiger partial charge in [0, 0.05) is 113 Å². The first-order valence-corrected chi connectivity index (χ1v) is 51.6. The maximum Gasteiger partial charge on any atom is 0.358 e. The van der Waals surface area contributed by atoms with E-state index in [1.165, 1.54) is 0 Å². The lowest BCUT2D eigenvalue weighted by Crippen LogP contribution is -2.44. The summed E-state index contributed by atoms with van der Waals surface area (Å²) in [7, 11) is -1.61. The maximum atomic E-state index is 14.0. The highest BCUT2D eigenvalue weighted by molar-refractivity contribution is 7.86. The standard InChI is InChI=1S/C54H77N15O16S3.C46H34N6O4/c1-67(2,27-7-31-86(75,76)77)37-43-34-63(58-55-43)23-20-61(21-24-64-35-44(56-59-64)38-68(3,4)28-8-32-87(78,79)80)46-14-10-41(11-15-46)51-53(73)52(54(51)74)42-12-16-47(17-13-42)62(26-30-84-40-50(72)85-66-48(70)18-19-49(66)71)22-25-65-36-45(57-60-65)39-69(5,6)29-9-33-88(81,82)83;53-43-39-19-9-21-41(51-39)45(55)49-25-37-31-15-5-7-17-33(31)38(34-18-8-6-16-32(34)37)26-50-46(56)42-22-10-20-40(52-42)44(54)48-24-36-28-12-2-1-11-27(28)35(23-47-43)29-13-3-4-14-30(29)36/h10-17,34-36,51-52H,7-9,18-33,37-40H2,1-6H3;1-22H,23-26H2,(H,47,53)(H,48,54)(H,49,55)(H,50,56). The number of hydroxylamine groups is 2. The van der Waals surface area contributed by atoms with Crippen molar-refractivity contribution in [1.82, 2.24) is 81.3 Å². The first-order valence-electron chi connectivity index (χ1n) is 46.9. The van der Waals surface area contributed by atoms with E-state index in [9.17, 15) is 82.1 Å². The minimum absolute atomic E-state index is 0.00352. The van der Waals surface area contributed by atoms with E-state index in [1.54, 1.807) is 93.0 Å². The van der Waals surface area contributed by atoms with E-state index in [1.807, 2.05) is 169 Å². The Kier molecular flexibility index (Phi) is 32.5. The quantitative estimate of drug-likeness (QED) is 0.00808. The van der Waals surface area contributed by atoms with Gasteiger partial charge in [-0.05, 0) is 125 Å². The number of hydrogen-bond acceptors (Lipinski definition) is 30. The van der Waals surface area contributed by atoms with E-state index in [-0.39, 0.29) is 106 Å². The second-order valence-electron chi connectivity index (χ2n) is 37.8. The predicted molar refractivity (Wildman–Crippen MR) is 527 cm³/mol. The van der Waals surface area contributed by atoms with Crippen LogP contribution in [-0.4, -0.2) is 284 Å². The number of carbonyl (C=O) groups excluding carboxylic acids is 9. The molecular weight excluding hydrogens is 1910 g/mol. The third-order valence-electron chi connectivity index (χ3n) is 25.5. The van der Waals surface area contributed by atoms with E-state index in [2.05, 4.69) is 67.1 Å². The molecule has 0 atom stereocenters. The average molecular weight is 2020 g/mol. The molecule has 44 heteroatoms. The Morgan fingerprint density at radius 1 is 0.389 bits per heavy atom. The Bertz CT molecular complexity index is 6760. The molecule has 8 aromatic carbocycles. The predicted octanol–water partition coefficient (Wildman–Crippen LogP) is 6.48. The molecule has 1 saturated carbocycles. The lowest BCUT2D eigenvalue weighted by molar-refractivity contribution is -0.903. The molecular formula is C100H111N21O20S3. The highest BCUT2D eigenvalue weighted by atomic mass is 32.2. The average Bonchev–Trinajstić information content (AvgIpc) is 0.782. The lowest BCUT2D eigenvalue weighted by atomic mass is 9.66. The number of aromatic nitrogens is 11. The molecule has 3 aliphatic rings. The Hall–Kier alpha value is -14.5. The molecule has 0 radical (unpaired) electrons. The molecule has 0 unspecified atom stereocenters. The Labute approximate surface area is 830 Å². The van der Waals surface area contributed by atoms with Gasteiger partial charge in [0.25, 0.3) is 35.4 Å². The number of nitrogens with one attached hydrogen (secondary N) is 4. The second kappa shape index (κ2) is 45.0. The topological polar surface area (TPSA) is 519 Å². The van der Waals surface area contributed by atoms with Crippen molar-refractivity contribution in [3.63, 3.8) is 0 Å². The molecule has 6 amide bonds. The van der Waals surface area contributed by atoms with Crippen LogP contribution in [-0.2, 0) is 129 Å². The molecule has 16 rings (SSSR count). The molecule has 0 spiro atoms. The number of Topliss-reactive ketones (excluding diaryl/α,β-unsaturated/α-hetero) is 2. The number of nitrogens with zero attached hydrogens (tertiary/aromatic N) is 17. The van der Waals surface area contributed by atoms with Gasteiger partial charge >= 0.3 is 5.97 Å². The molecule has 41 nitrogen and oxygen atoms in total. The van der Waals surface area contributed by atoms with Crippen LogP contribution in [0.15, 0.2) is 201 Å². The number of anilines is 2. The van der Waals surface area contributed by atoms with E-state index < -0.39 is 107 Å². The number of amides is 6. The summed E-state index contributed by atoms with van der Waals surface area (Å²) >= 11 is 0. The van der Waals surface area contributed by atoms with Gasteiger partial charge < -0.3 is 67.7 Å². The van der Waals surface area contributed by atoms with Gasteiger partial charge in [-0.3, -0.25) is 52.4 Å². The van der Waals surface area contributed by atoms with Crippen LogP contribution in [0.4, 0.5) is 11.4 Å². The summed E-state index contributed by atoms with van der Waals surface area (Å²) in [5, 5.41) is 45.9. The van der Waals surface area contributed by atoms with Gasteiger partial charge in [0.2, 0.25) is 0 Å². The summed E-state index contributed by atoms with van der Waals surface area (Å²) in [5.41, 5.74) is 8.54. The summed E-state index contributed by atoms with van der Waals surface area (Å²) < 4.78 is 112. The summed E-state index contributed by atoms with van der Waals surface area (Å²) in [4.78, 5) is 137. The van der Waals surface area contributed by atoms with E-state index in [0.717, 1.165) is 71.0 Å². The fourth-order valence-corrected chi connectivity index (χ4v) is 19.8. The highest BCUT2D eigenvalue weighted by Crippen LogP contribution is 2.43. The van der Waals surface area contributed by atoms with Crippen LogP contribution >= 0.6 is 0 Å². The SMILES string of the molecule is C[N+](C)(CCCS(=O)(=O)[O-])Cc1cn(CCN(CCOCC(=O)ON2C(=O)CCC2=O)c2ccc(C3C(=O)C(c4ccc(N(CCn5cc(C[N+](C)(C)CCCS(=O)(=O)[O-])nn5)CCn5cc(C[N+](C)(C)CCCS(=O)(=O)[O-])nn5)cc4)C3=O)cc2)nn1.O=C1NCc2c3ccccc3c(c3ccccc23)CNC(=O)c2cccc(n2)C(=O)NCc2c3ccccc3c(c3ccccc23)CNC(=O)c2cccc1n2. The Morgan fingerprint density at radius 2 is 0.667 bits per heavy atom. The Balaban J connectivity index is 0.000000238. The van der Waals surface area contributed by atoms with E-state index >= 15 is 0 Å². The van der Waals surface area contributed by atoms with Crippen molar-refractivity contribution in [3.8, 4) is 0 Å². The zero-order valence-electron chi connectivity index (χ0n) is 80.3. The molecule has 7 heterocycles. The normalized spacial score (nSPS) is 15.4. The van der Waals surface area contributed by atoms with Crippen molar-refractivity contribution >= 4 is 138 Å². The number of benzene rings is 8. The van der Waals surface area contributed by atoms with Gasteiger partial charge in [-0.2, -0.15) is 0 Å². The molecule has 1 saturated heterocycles. The number of fused-ring (bicyclic) bond motifs is 10. The van der Waals surface area contributed by atoms with Crippen molar-refractivity contribution < 1.29 is 105 Å². The third kappa shape index (κ3) is 27.1. The summed E-state index contributed by atoms with van der Waals surface area (Å²) in [5.74, 6) is -7.77. The number of ketones is 2. The monoisotopic (exact) mass is 2020 g/mol. The van der Waals surface area contributed by atoms with Gasteiger partial charge in [-0.15, -0.1) is 20.4 Å². The van der Waals surface area contributed by atoms with Crippen molar-refractivity contribution in [2.75, 3.05) is 128 Å². The smallest absolute Gasteiger partial charge is 0.358 e. The van der Waals surface area contributed by atoms with Crippen LogP contribution in [0.25, 0.3) is 43.1 Å². The van der Waals surface area contributed by atoms with Crippen LogP contribution in [0.3, 0.4) is 0 Å². The molecule has 754 valence electrons. The minimum atomic E-state index is -4.34. The van der Waals surface area contributed by atoms with E-state index in [4.69, 9.17) is 9.57 Å². The minimum Gasteiger partial charge on any atom is -0.748 e. The first kappa shape index (κ1) is 104. The summed E-state index contributed by atoms with van der Waals surface area (Å²) in [6.07, 6.45) is 5.85. The summed E-state index contributed by atoms with van der Waals surface area (Å²) in [6.45, 7) is 5.36. The van der Waals surface area contributed by atoms with Gasteiger partial charge in [0.15, 0.2) is 11.6 Å². The fourth-order valence-electron chi connectivity index (χ4n) is 18.4. The molecule has 2 aliphatic heterocycles. The third-order valence-corrected chi connectivity index (χ3v) is 27.9. The van der Waals surface area contributed by atoms with Crippen LogP contribution < -0.4 is 31.1 Å². The largest absolute Gasteiger partial charge is 0.748 e. The molecule has 13 aromatic rings. The van der Waals surface area contributed by atoms with Crippen LogP contribution in [0.2, 0.25) is 0 Å². The number of pyridine rings is 2. The van der Waals surface area contributed by atoms with E-state index in [0.29, 0.717) is 131 Å². The Morgan fingerprint density at radius 3 is 0.944 bits per heavy atom. The number of rotatable bonds is 37. The molecule has 8 bridgehead atoms. The molecule has 4 N–H and O–H groups in total. The number of hydrogen-bond donors (Lipinski definition) is 4. The molecule has 5 aromatic heterocycles. The number of imide groups is 1. The highest BCUT2D eigenvalue weighted by Gasteiger charge is 2.50. The van der Waals surface area contributed by atoms with Gasteiger partial charge in [-0.25, -0.2) is 40.0 Å². The van der Waals surface area contributed by atoms with Crippen molar-refractivity contribution in [1.29, 1.82) is 0 Å². The maximum absolute atomic E-state index is 14.0. The molecule has 2 fully saturated rings. The first-order chi connectivity index (χ1) is 68.6. The zero-order valence-corrected chi connectivity index (χ0v) is 82.7. The van der Waals surface area contributed by atoms with Gasteiger partial charge in [0.05, 0.1) is 137 Å².